The summed E-state index contributed by atoms with van der Waals surface area (Å²) in [5.41, 5.74) is -0.240. The van der Waals surface area contributed by atoms with Crippen molar-refractivity contribution in [2.45, 2.75) is 79.9 Å². The lowest BCUT2D eigenvalue weighted by Crippen LogP contribution is -2.56. The molecule has 0 spiro atoms. The van der Waals surface area contributed by atoms with Crippen molar-refractivity contribution < 1.29 is 37.0 Å². The van der Waals surface area contributed by atoms with Gasteiger partial charge in [0, 0.05) is 11.4 Å². The van der Waals surface area contributed by atoms with Gasteiger partial charge in [-0.3, -0.25) is 29.3 Å². The van der Waals surface area contributed by atoms with Gasteiger partial charge in [-0.25, -0.2) is 9.78 Å². The largest absolute Gasteiger partial charge is 0.450 e. The molecule has 0 aliphatic heterocycles. The van der Waals surface area contributed by atoms with Gasteiger partial charge in [0.1, 0.15) is 18.8 Å². The molecule has 2 N–H and O–H groups in total. The highest BCUT2D eigenvalue weighted by Crippen LogP contribution is 2.31. The molecular formula is C30H36F3N5O6S. The molecule has 0 aromatic carbocycles. The van der Waals surface area contributed by atoms with E-state index in [1.165, 1.54) is 46.0 Å². The Hall–Kier alpha value is -4.27. The number of hydrogen-bond donors (Lipinski definition) is 2. The van der Waals surface area contributed by atoms with Gasteiger partial charge >= 0.3 is 18.2 Å². The summed E-state index contributed by atoms with van der Waals surface area (Å²) in [5.74, 6) is -2.83. The van der Waals surface area contributed by atoms with Crippen molar-refractivity contribution in [3.63, 3.8) is 0 Å². The summed E-state index contributed by atoms with van der Waals surface area (Å²) in [5, 5.41) is 6.33. The monoisotopic (exact) mass is 651 g/mol. The number of carbonyl (C=O) groups is 3. The molecule has 0 radical (unpaired) electrons. The molecule has 3 heterocycles. The van der Waals surface area contributed by atoms with Gasteiger partial charge < -0.3 is 14.8 Å². The number of aryl methyl sites for hydroxylation is 2. The zero-order valence-electron chi connectivity index (χ0n) is 25.9. The maximum absolute atomic E-state index is 14.1. The molecule has 3 aromatic rings. The molecule has 2 atom stereocenters. The quantitative estimate of drug-likeness (QED) is 0.278. The lowest BCUT2D eigenvalue weighted by Gasteiger charge is -2.33. The molecule has 3 aromatic heterocycles. The van der Waals surface area contributed by atoms with Crippen molar-refractivity contribution >= 4 is 35.0 Å². The molecule has 2 amide bonds. The van der Waals surface area contributed by atoms with Gasteiger partial charge in [0.15, 0.2) is 5.82 Å². The van der Waals surface area contributed by atoms with Crippen LogP contribution in [0.5, 0.6) is 0 Å². The van der Waals surface area contributed by atoms with Gasteiger partial charge in [0.25, 0.3) is 5.56 Å². The van der Waals surface area contributed by atoms with Gasteiger partial charge in [0.2, 0.25) is 12.0 Å². The standard InChI is InChI=1S/C30H36F3N5O6S/c1-16(2)23(24(30(31,32)33)44-27(41)29(5,6)7)37-22(39)14-38-25(21-9-8-10-45-21)34-13-20(26(38)40)36-28(42)43-15-19-11-17(3)35-18(4)12-19/h8-13,16,23-24H,14-15H2,1-7H3,(H,36,42)(H,37,39). The van der Waals surface area contributed by atoms with Crippen molar-refractivity contribution in [3.8, 4) is 10.7 Å². The maximum Gasteiger partial charge on any atom is 0.427 e. The Morgan fingerprint density at radius 3 is 2.27 bits per heavy atom. The fourth-order valence-corrected chi connectivity index (χ4v) is 4.96. The summed E-state index contributed by atoms with van der Waals surface area (Å²) in [6.45, 7) is 9.83. The van der Waals surface area contributed by atoms with Gasteiger partial charge in [-0.05, 0) is 69.7 Å². The number of aromatic nitrogens is 3. The van der Waals surface area contributed by atoms with E-state index < -0.39 is 59.7 Å². The van der Waals surface area contributed by atoms with Crippen LogP contribution in [0.4, 0.5) is 23.7 Å². The van der Waals surface area contributed by atoms with E-state index in [9.17, 15) is 32.3 Å². The first-order valence-corrected chi connectivity index (χ1v) is 14.8. The number of thiophene rings is 1. The predicted octanol–water partition coefficient (Wildman–Crippen LogP) is 5.39. The number of nitrogens with one attached hydrogen (secondary N) is 2. The Morgan fingerprint density at radius 2 is 1.73 bits per heavy atom. The van der Waals surface area contributed by atoms with Crippen LogP contribution in [0.15, 0.2) is 40.6 Å². The molecule has 0 bridgehead atoms. The van der Waals surface area contributed by atoms with Gasteiger partial charge in [0.05, 0.1) is 22.5 Å². The smallest absolute Gasteiger partial charge is 0.427 e. The number of alkyl halides is 3. The topological polar surface area (TPSA) is 142 Å². The summed E-state index contributed by atoms with van der Waals surface area (Å²) in [6.07, 6.45) is -7.50. The number of carbonyl (C=O) groups excluding carboxylic acids is 3. The van der Waals surface area contributed by atoms with Crippen LogP contribution in [0.1, 0.15) is 51.6 Å². The van der Waals surface area contributed by atoms with E-state index in [1.54, 1.807) is 43.5 Å². The van der Waals surface area contributed by atoms with Crippen LogP contribution in [-0.4, -0.2) is 50.8 Å². The fourth-order valence-electron chi connectivity index (χ4n) is 4.23. The van der Waals surface area contributed by atoms with Crippen LogP contribution in [-0.2, 0) is 32.2 Å². The molecule has 45 heavy (non-hydrogen) atoms. The molecule has 3 rings (SSSR count). The minimum absolute atomic E-state index is 0.0550. The lowest BCUT2D eigenvalue weighted by atomic mass is 9.95. The van der Waals surface area contributed by atoms with Crippen LogP contribution in [0, 0.1) is 25.2 Å². The number of hydrogen-bond acceptors (Lipinski definition) is 9. The average molecular weight is 652 g/mol. The fraction of sp³-hybridized carbons (Fsp3) is 0.467. The third kappa shape index (κ3) is 9.61. The summed E-state index contributed by atoms with van der Waals surface area (Å²) in [6, 6.07) is 5.13. The molecule has 0 aliphatic carbocycles. The van der Waals surface area contributed by atoms with E-state index in [-0.39, 0.29) is 18.1 Å². The first kappa shape index (κ1) is 35.2. The highest BCUT2D eigenvalue weighted by molar-refractivity contribution is 7.13. The summed E-state index contributed by atoms with van der Waals surface area (Å²) in [7, 11) is 0. The number of ether oxygens (including phenoxy) is 2. The van der Waals surface area contributed by atoms with Gasteiger partial charge in [-0.1, -0.05) is 19.9 Å². The minimum Gasteiger partial charge on any atom is -0.450 e. The van der Waals surface area contributed by atoms with Crippen LogP contribution in [0.2, 0.25) is 0 Å². The molecule has 0 aliphatic rings. The normalized spacial score (nSPS) is 13.2. The Labute approximate surface area is 262 Å². The number of pyridine rings is 1. The SMILES string of the molecule is Cc1cc(COC(=O)Nc2cnc(-c3cccs3)n(CC(=O)NC(C(C)C)C(OC(=O)C(C)(C)C)C(F)(F)F)c2=O)cc(C)n1. The highest BCUT2D eigenvalue weighted by Gasteiger charge is 2.50. The molecule has 0 saturated carbocycles. The second kappa shape index (κ2) is 14.2. The Kier molecular flexibility index (Phi) is 11.1. The number of nitrogens with zero attached hydrogens (tertiary/aromatic N) is 3. The van der Waals surface area contributed by atoms with Crippen molar-refractivity contribution in [1.82, 2.24) is 19.9 Å². The van der Waals surface area contributed by atoms with Gasteiger partial charge in [-0.15, -0.1) is 11.3 Å². The highest BCUT2D eigenvalue weighted by atomic mass is 32.1. The number of rotatable bonds is 10. The number of amides is 2. The number of anilines is 1. The minimum atomic E-state index is -5.00. The van der Waals surface area contributed by atoms with E-state index in [4.69, 9.17) is 9.47 Å². The maximum atomic E-state index is 14.1. The van der Waals surface area contributed by atoms with Crippen LogP contribution < -0.4 is 16.2 Å². The van der Waals surface area contributed by atoms with Crippen LogP contribution in [0.25, 0.3) is 10.7 Å². The molecule has 2 unspecified atom stereocenters. The van der Waals surface area contributed by atoms with E-state index in [2.05, 4.69) is 20.6 Å². The second-order valence-corrected chi connectivity index (χ2v) is 12.7. The Bertz CT molecular complexity index is 1560. The molecule has 244 valence electrons. The van der Waals surface area contributed by atoms with Crippen molar-refractivity contribution in [2.24, 2.45) is 11.3 Å². The second-order valence-electron chi connectivity index (χ2n) is 11.8. The predicted molar refractivity (Wildman–Crippen MR) is 161 cm³/mol. The van der Waals surface area contributed by atoms with Crippen molar-refractivity contribution in [2.75, 3.05) is 5.32 Å². The zero-order valence-corrected chi connectivity index (χ0v) is 26.8. The van der Waals surface area contributed by atoms with Crippen LogP contribution in [0.3, 0.4) is 0 Å². The molecule has 15 heteroatoms. The molecular weight excluding hydrogens is 615 g/mol. The van der Waals surface area contributed by atoms with E-state index in [1.807, 2.05) is 0 Å². The number of esters is 1. The lowest BCUT2D eigenvalue weighted by molar-refractivity contribution is -0.234. The number of halogens is 3. The van der Waals surface area contributed by atoms with E-state index in [0.29, 0.717) is 10.4 Å². The Balaban J connectivity index is 1.87. The third-order valence-electron chi connectivity index (χ3n) is 6.38. The molecule has 11 nitrogen and oxygen atoms in total. The summed E-state index contributed by atoms with van der Waals surface area (Å²) < 4.78 is 53.4. The third-order valence-corrected chi connectivity index (χ3v) is 7.25. The molecule has 0 fully saturated rings. The summed E-state index contributed by atoms with van der Waals surface area (Å²) in [4.78, 5) is 60.7. The van der Waals surface area contributed by atoms with E-state index in [0.717, 1.165) is 22.2 Å². The molecule has 0 saturated heterocycles. The Morgan fingerprint density at radius 1 is 1.09 bits per heavy atom. The van der Waals surface area contributed by atoms with Crippen LogP contribution >= 0.6 is 11.3 Å². The first-order chi connectivity index (χ1) is 20.9. The summed E-state index contributed by atoms with van der Waals surface area (Å²) >= 11 is 1.21. The van der Waals surface area contributed by atoms with Gasteiger partial charge in [-0.2, -0.15) is 13.2 Å². The average Bonchev–Trinajstić information content (AvgIpc) is 3.44. The van der Waals surface area contributed by atoms with Crippen molar-refractivity contribution in [1.29, 1.82) is 0 Å². The zero-order chi connectivity index (χ0) is 33.7. The van der Waals surface area contributed by atoms with Crippen molar-refractivity contribution in [3.05, 3.63) is 63.1 Å². The first-order valence-electron chi connectivity index (χ1n) is 14.0. The van der Waals surface area contributed by atoms with E-state index >= 15 is 0 Å².